The highest BCUT2D eigenvalue weighted by molar-refractivity contribution is 5.75. The SMILES string of the molecule is O=C(OCCOC(=O)C1CC2C=CC1C2)C1CC2C=CC1C2. The Balaban J connectivity index is 1.17. The van der Waals surface area contributed by atoms with Crippen molar-refractivity contribution in [2.45, 2.75) is 25.7 Å². The van der Waals surface area contributed by atoms with E-state index < -0.39 is 0 Å². The fourth-order valence-corrected chi connectivity index (χ4v) is 4.60. The molecule has 2 fully saturated rings. The van der Waals surface area contributed by atoms with Gasteiger partial charge >= 0.3 is 11.9 Å². The van der Waals surface area contributed by atoms with Gasteiger partial charge in [-0.25, -0.2) is 0 Å². The molecule has 2 saturated carbocycles. The van der Waals surface area contributed by atoms with E-state index in [-0.39, 0.29) is 37.0 Å². The maximum atomic E-state index is 12.0. The molecule has 4 nitrogen and oxygen atoms in total. The molecule has 0 aliphatic heterocycles. The molecule has 0 aromatic carbocycles. The highest BCUT2D eigenvalue weighted by Gasteiger charge is 2.41. The second-order valence-electron chi connectivity index (χ2n) is 7.11. The molecule has 4 aliphatic rings. The van der Waals surface area contributed by atoms with E-state index in [2.05, 4.69) is 24.3 Å². The summed E-state index contributed by atoms with van der Waals surface area (Å²) in [6.07, 6.45) is 12.7. The van der Waals surface area contributed by atoms with Crippen LogP contribution in [0.3, 0.4) is 0 Å². The van der Waals surface area contributed by atoms with Gasteiger partial charge < -0.3 is 9.47 Å². The lowest BCUT2D eigenvalue weighted by Crippen LogP contribution is -2.26. The molecule has 118 valence electrons. The Bertz CT molecular complexity index is 487. The van der Waals surface area contributed by atoms with Crippen molar-refractivity contribution >= 4 is 11.9 Å². The van der Waals surface area contributed by atoms with E-state index in [4.69, 9.17) is 9.47 Å². The number of hydrogen-bond donors (Lipinski definition) is 0. The molecule has 4 rings (SSSR count). The lowest BCUT2D eigenvalue weighted by atomic mass is 9.94. The Morgan fingerprint density at radius 1 is 0.727 bits per heavy atom. The van der Waals surface area contributed by atoms with Gasteiger partial charge in [-0.2, -0.15) is 0 Å². The predicted octanol–water partition coefficient (Wildman–Crippen LogP) is 2.50. The zero-order valence-electron chi connectivity index (χ0n) is 12.6. The summed E-state index contributed by atoms with van der Waals surface area (Å²) < 4.78 is 10.6. The summed E-state index contributed by atoms with van der Waals surface area (Å²) in [5.74, 6) is 1.62. The van der Waals surface area contributed by atoms with Crippen molar-refractivity contribution in [3.8, 4) is 0 Å². The Kier molecular flexibility index (Phi) is 3.55. The number of rotatable bonds is 5. The van der Waals surface area contributed by atoms with Gasteiger partial charge in [-0.3, -0.25) is 9.59 Å². The summed E-state index contributed by atoms with van der Waals surface area (Å²) in [4.78, 5) is 24.1. The minimum atomic E-state index is -0.129. The van der Waals surface area contributed by atoms with Crippen LogP contribution >= 0.6 is 0 Å². The van der Waals surface area contributed by atoms with Crippen molar-refractivity contribution in [1.82, 2.24) is 0 Å². The first kappa shape index (κ1) is 14.0. The summed E-state index contributed by atoms with van der Waals surface area (Å²) in [5, 5.41) is 0. The van der Waals surface area contributed by atoms with E-state index >= 15 is 0 Å². The molecule has 6 unspecified atom stereocenters. The molecule has 0 spiro atoms. The van der Waals surface area contributed by atoms with Gasteiger partial charge in [0.25, 0.3) is 0 Å². The van der Waals surface area contributed by atoms with E-state index in [1.807, 2.05) is 0 Å². The van der Waals surface area contributed by atoms with Crippen LogP contribution in [0.4, 0.5) is 0 Å². The van der Waals surface area contributed by atoms with Crippen LogP contribution in [0.15, 0.2) is 24.3 Å². The van der Waals surface area contributed by atoms with Gasteiger partial charge in [0.15, 0.2) is 0 Å². The second kappa shape index (κ2) is 5.56. The van der Waals surface area contributed by atoms with Crippen LogP contribution in [0.2, 0.25) is 0 Å². The van der Waals surface area contributed by atoms with Crippen LogP contribution in [0.1, 0.15) is 25.7 Å². The van der Waals surface area contributed by atoms with Crippen molar-refractivity contribution < 1.29 is 19.1 Å². The number of carbonyl (C=O) groups excluding carboxylic acids is 2. The average Bonchev–Trinajstić information content (AvgIpc) is 3.30. The van der Waals surface area contributed by atoms with Crippen LogP contribution in [-0.2, 0) is 19.1 Å². The van der Waals surface area contributed by atoms with Crippen LogP contribution in [0.25, 0.3) is 0 Å². The molecular weight excluding hydrogens is 280 g/mol. The van der Waals surface area contributed by atoms with E-state index in [1.165, 1.54) is 0 Å². The lowest BCUT2D eigenvalue weighted by molar-refractivity contribution is -0.158. The molecule has 4 heteroatoms. The quantitative estimate of drug-likeness (QED) is 0.445. The van der Waals surface area contributed by atoms with Crippen LogP contribution in [0.5, 0.6) is 0 Å². The highest BCUT2D eigenvalue weighted by atomic mass is 16.6. The van der Waals surface area contributed by atoms with Gasteiger partial charge in [0.2, 0.25) is 0 Å². The number of carbonyl (C=O) groups is 2. The van der Waals surface area contributed by atoms with Crippen LogP contribution in [0, 0.1) is 35.5 Å². The maximum Gasteiger partial charge on any atom is 0.309 e. The van der Waals surface area contributed by atoms with Crippen molar-refractivity contribution in [2.24, 2.45) is 35.5 Å². The lowest BCUT2D eigenvalue weighted by Gasteiger charge is -2.18. The number of ether oxygens (including phenoxy) is 2. The van der Waals surface area contributed by atoms with Gasteiger partial charge in [-0.05, 0) is 49.4 Å². The minimum absolute atomic E-state index is 0.0152. The molecule has 0 aromatic heterocycles. The first-order valence-corrected chi connectivity index (χ1v) is 8.40. The molecule has 0 N–H and O–H groups in total. The molecule has 0 saturated heterocycles. The molecule has 0 aromatic rings. The zero-order valence-corrected chi connectivity index (χ0v) is 12.6. The second-order valence-corrected chi connectivity index (χ2v) is 7.11. The maximum absolute atomic E-state index is 12.0. The van der Waals surface area contributed by atoms with Crippen molar-refractivity contribution in [3.05, 3.63) is 24.3 Å². The first-order chi connectivity index (χ1) is 10.7. The minimum Gasteiger partial charge on any atom is -0.462 e. The Morgan fingerprint density at radius 3 is 1.50 bits per heavy atom. The van der Waals surface area contributed by atoms with Crippen LogP contribution < -0.4 is 0 Å². The largest absolute Gasteiger partial charge is 0.462 e. The van der Waals surface area contributed by atoms with E-state index in [9.17, 15) is 9.59 Å². The number of allylic oxidation sites excluding steroid dienone is 4. The molecule has 0 heterocycles. The fourth-order valence-electron chi connectivity index (χ4n) is 4.60. The average molecular weight is 302 g/mol. The van der Waals surface area contributed by atoms with E-state index in [0.29, 0.717) is 23.7 Å². The van der Waals surface area contributed by atoms with Crippen molar-refractivity contribution in [3.63, 3.8) is 0 Å². The van der Waals surface area contributed by atoms with Crippen molar-refractivity contribution in [1.29, 1.82) is 0 Å². The Labute approximate surface area is 130 Å². The fraction of sp³-hybridized carbons (Fsp3) is 0.667. The van der Waals surface area contributed by atoms with Gasteiger partial charge in [-0.15, -0.1) is 0 Å². The zero-order chi connectivity index (χ0) is 15.1. The summed E-state index contributed by atoms with van der Waals surface area (Å²) >= 11 is 0. The third-order valence-corrected chi connectivity index (χ3v) is 5.74. The highest BCUT2D eigenvalue weighted by Crippen LogP contribution is 2.44. The van der Waals surface area contributed by atoms with Gasteiger partial charge in [0.05, 0.1) is 11.8 Å². The van der Waals surface area contributed by atoms with Gasteiger partial charge in [-0.1, -0.05) is 24.3 Å². The third-order valence-electron chi connectivity index (χ3n) is 5.74. The first-order valence-electron chi connectivity index (χ1n) is 8.40. The monoisotopic (exact) mass is 302 g/mol. The molecule has 6 atom stereocenters. The Morgan fingerprint density at radius 2 is 1.18 bits per heavy atom. The number of esters is 2. The number of fused-ring (bicyclic) bond motifs is 4. The predicted molar refractivity (Wildman–Crippen MR) is 79.6 cm³/mol. The normalized spacial score (nSPS) is 40.4. The van der Waals surface area contributed by atoms with Crippen LogP contribution in [-0.4, -0.2) is 25.2 Å². The summed E-state index contributed by atoms with van der Waals surface area (Å²) in [6, 6.07) is 0. The molecule has 4 bridgehead atoms. The van der Waals surface area contributed by atoms with E-state index in [0.717, 1.165) is 25.7 Å². The van der Waals surface area contributed by atoms with Gasteiger partial charge in [0.1, 0.15) is 13.2 Å². The third kappa shape index (κ3) is 2.49. The smallest absolute Gasteiger partial charge is 0.309 e. The molecule has 22 heavy (non-hydrogen) atoms. The standard InChI is InChI=1S/C18H22O4/c19-17(15-9-11-1-3-13(15)7-11)21-5-6-22-18(20)16-10-12-2-4-14(16)8-12/h1-4,11-16H,5-10H2. The molecule has 0 radical (unpaired) electrons. The summed E-state index contributed by atoms with van der Waals surface area (Å²) in [6.45, 7) is 0.359. The molecule has 0 amide bonds. The number of hydrogen-bond acceptors (Lipinski definition) is 4. The molecule has 4 aliphatic carbocycles. The van der Waals surface area contributed by atoms with Crippen molar-refractivity contribution in [2.75, 3.05) is 13.2 Å². The summed E-state index contributed by atoms with van der Waals surface area (Å²) in [7, 11) is 0. The van der Waals surface area contributed by atoms with E-state index in [1.54, 1.807) is 0 Å². The molecular formula is C18H22O4. The Hall–Kier alpha value is -1.58. The topological polar surface area (TPSA) is 52.6 Å². The summed E-state index contributed by atoms with van der Waals surface area (Å²) in [5.41, 5.74) is 0. The van der Waals surface area contributed by atoms with Gasteiger partial charge in [0, 0.05) is 0 Å².